The second-order valence-corrected chi connectivity index (χ2v) is 7.85. The average Bonchev–Trinajstić information content (AvgIpc) is 3.14. The topological polar surface area (TPSA) is 75.3 Å². The SMILES string of the molecule is COc1ccc([C@H]2C[C@@H](C)N(S(=O)(=O)c3cn[nH]c3C)C2)cc1. The minimum atomic E-state index is -3.51. The average molecular weight is 335 g/mol. The standard InChI is InChI=1S/C16H21N3O3S/c1-11-8-14(13-4-6-15(22-3)7-5-13)10-19(11)23(20,21)16-9-17-18-12(16)2/h4-7,9,11,14H,8,10H2,1-3H3,(H,17,18)/t11-,14+/m1/s1. The third-order valence-electron chi connectivity index (χ3n) is 4.48. The van der Waals surface area contributed by atoms with E-state index in [-0.39, 0.29) is 16.9 Å². The molecule has 0 saturated carbocycles. The van der Waals surface area contributed by atoms with Gasteiger partial charge in [-0.2, -0.15) is 9.40 Å². The van der Waals surface area contributed by atoms with Gasteiger partial charge in [0.1, 0.15) is 10.6 Å². The molecular weight excluding hydrogens is 314 g/mol. The number of aromatic nitrogens is 2. The van der Waals surface area contributed by atoms with E-state index in [9.17, 15) is 8.42 Å². The van der Waals surface area contributed by atoms with Crippen molar-refractivity contribution in [3.05, 3.63) is 41.7 Å². The molecule has 1 N–H and O–H groups in total. The van der Waals surface area contributed by atoms with Crippen molar-refractivity contribution < 1.29 is 13.2 Å². The molecule has 0 radical (unpaired) electrons. The number of ether oxygens (including phenoxy) is 1. The fourth-order valence-corrected chi connectivity index (χ4v) is 4.99. The third-order valence-corrected chi connectivity index (χ3v) is 6.57. The molecule has 0 bridgehead atoms. The van der Waals surface area contributed by atoms with Crippen LogP contribution in [0.1, 0.15) is 30.5 Å². The summed E-state index contributed by atoms with van der Waals surface area (Å²) in [4.78, 5) is 0.264. The number of aromatic amines is 1. The van der Waals surface area contributed by atoms with Crippen LogP contribution in [-0.4, -0.2) is 42.6 Å². The van der Waals surface area contributed by atoms with Gasteiger partial charge in [0.25, 0.3) is 0 Å². The van der Waals surface area contributed by atoms with E-state index in [1.807, 2.05) is 31.2 Å². The highest BCUT2D eigenvalue weighted by Crippen LogP contribution is 2.36. The van der Waals surface area contributed by atoms with Gasteiger partial charge in [-0.1, -0.05) is 12.1 Å². The van der Waals surface area contributed by atoms with E-state index in [1.54, 1.807) is 18.3 Å². The zero-order chi connectivity index (χ0) is 16.6. The summed E-state index contributed by atoms with van der Waals surface area (Å²) in [6, 6.07) is 7.81. The summed E-state index contributed by atoms with van der Waals surface area (Å²) in [5.41, 5.74) is 1.71. The van der Waals surface area contributed by atoms with Crippen LogP contribution in [0, 0.1) is 6.92 Å². The highest BCUT2D eigenvalue weighted by atomic mass is 32.2. The lowest BCUT2D eigenvalue weighted by Crippen LogP contribution is -2.34. The van der Waals surface area contributed by atoms with E-state index in [4.69, 9.17) is 4.74 Å². The van der Waals surface area contributed by atoms with Crippen molar-refractivity contribution in [3.63, 3.8) is 0 Å². The van der Waals surface area contributed by atoms with Crippen LogP contribution in [0.2, 0.25) is 0 Å². The van der Waals surface area contributed by atoms with Gasteiger partial charge < -0.3 is 4.74 Å². The molecule has 2 atom stereocenters. The van der Waals surface area contributed by atoms with E-state index in [0.29, 0.717) is 12.2 Å². The van der Waals surface area contributed by atoms with Gasteiger partial charge in [0, 0.05) is 12.6 Å². The summed E-state index contributed by atoms with van der Waals surface area (Å²) in [6.07, 6.45) is 2.19. The van der Waals surface area contributed by atoms with Gasteiger partial charge in [-0.25, -0.2) is 8.42 Å². The van der Waals surface area contributed by atoms with Crippen molar-refractivity contribution in [1.29, 1.82) is 0 Å². The molecule has 124 valence electrons. The molecule has 1 aromatic heterocycles. The van der Waals surface area contributed by atoms with Crippen LogP contribution < -0.4 is 4.74 Å². The monoisotopic (exact) mass is 335 g/mol. The Balaban J connectivity index is 1.85. The van der Waals surface area contributed by atoms with Crippen LogP contribution in [0.15, 0.2) is 35.4 Å². The molecule has 2 heterocycles. The number of H-pyrrole nitrogens is 1. The summed E-state index contributed by atoms with van der Waals surface area (Å²) < 4.78 is 32.5. The van der Waals surface area contributed by atoms with E-state index < -0.39 is 10.0 Å². The predicted octanol–water partition coefficient (Wildman–Crippen LogP) is 2.29. The molecule has 6 nitrogen and oxygen atoms in total. The maximum Gasteiger partial charge on any atom is 0.246 e. The number of nitrogens with zero attached hydrogens (tertiary/aromatic N) is 2. The number of methoxy groups -OCH3 is 1. The molecule has 2 aromatic rings. The first-order valence-electron chi connectivity index (χ1n) is 7.59. The zero-order valence-corrected chi connectivity index (χ0v) is 14.3. The molecular formula is C16H21N3O3S. The minimum absolute atomic E-state index is 0.0404. The van der Waals surface area contributed by atoms with Crippen LogP contribution in [0.4, 0.5) is 0 Å². The predicted molar refractivity (Wildman–Crippen MR) is 87.0 cm³/mol. The second-order valence-electron chi connectivity index (χ2n) is 5.99. The lowest BCUT2D eigenvalue weighted by molar-refractivity contribution is 0.407. The number of sulfonamides is 1. The van der Waals surface area contributed by atoms with Crippen molar-refractivity contribution in [2.24, 2.45) is 0 Å². The Bertz CT molecular complexity index is 783. The molecule has 0 amide bonds. The number of aryl methyl sites for hydroxylation is 1. The highest BCUT2D eigenvalue weighted by Gasteiger charge is 2.39. The first-order valence-corrected chi connectivity index (χ1v) is 9.03. The minimum Gasteiger partial charge on any atom is -0.497 e. The van der Waals surface area contributed by atoms with Gasteiger partial charge >= 0.3 is 0 Å². The second kappa shape index (κ2) is 5.98. The first kappa shape index (κ1) is 16.0. The van der Waals surface area contributed by atoms with Gasteiger partial charge in [-0.05, 0) is 43.9 Å². The van der Waals surface area contributed by atoms with Crippen molar-refractivity contribution in [1.82, 2.24) is 14.5 Å². The molecule has 1 aliphatic heterocycles. The van der Waals surface area contributed by atoms with Crippen molar-refractivity contribution in [2.75, 3.05) is 13.7 Å². The number of hydrogen-bond acceptors (Lipinski definition) is 4. The Labute approximate surface area is 136 Å². The summed E-state index contributed by atoms with van der Waals surface area (Å²) in [7, 11) is -1.88. The molecule has 0 spiro atoms. The Hall–Kier alpha value is -1.86. The molecule has 7 heteroatoms. The number of nitrogens with one attached hydrogen (secondary N) is 1. The van der Waals surface area contributed by atoms with E-state index in [2.05, 4.69) is 10.2 Å². The first-order chi connectivity index (χ1) is 10.9. The van der Waals surface area contributed by atoms with Crippen molar-refractivity contribution in [2.45, 2.75) is 37.1 Å². The fraction of sp³-hybridized carbons (Fsp3) is 0.438. The number of hydrogen-bond donors (Lipinski definition) is 1. The molecule has 0 unspecified atom stereocenters. The maximum atomic E-state index is 12.9. The maximum absolute atomic E-state index is 12.9. The quantitative estimate of drug-likeness (QED) is 0.930. The molecule has 0 aliphatic carbocycles. The van der Waals surface area contributed by atoms with Gasteiger partial charge in [0.05, 0.1) is 19.0 Å². The van der Waals surface area contributed by atoms with Gasteiger partial charge in [-0.3, -0.25) is 5.10 Å². The molecule has 1 fully saturated rings. The van der Waals surface area contributed by atoms with Crippen LogP contribution in [-0.2, 0) is 10.0 Å². The normalized spacial score (nSPS) is 22.4. The van der Waals surface area contributed by atoms with E-state index in [0.717, 1.165) is 17.7 Å². The van der Waals surface area contributed by atoms with Crippen LogP contribution in [0.25, 0.3) is 0 Å². The summed E-state index contributed by atoms with van der Waals surface area (Å²) in [5, 5.41) is 6.53. The Kier molecular flexibility index (Phi) is 4.16. The van der Waals surface area contributed by atoms with Crippen LogP contribution in [0.3, 0.4) is 0 Å². The summed E-state index contributed by atoms with van der Waals surface area (Å²) >= 11 is 0. The van der Waals surface area contributed by atoms with Crippen molar-refractivity contribution >= 4 is 10.0 Å². The highest BCUT2D eigenvalue weighted by molar-refractivity contribution is 7.89. The molecule has 1 aliphatic rings. The third kappa shape index (κ3) is 2.86. The van der Waals surface area contributed by atoms with E-state index in [1.165, 1.54) is 6.20 Å². The number of rotatable bonds is 4. The zero-order valence-electron chi connectivity index (χ0n) is 13.5. The van der Waals surface area contributed by atoms with Crippen molar-refractivity contribution in [3.8, 4) is 5.75 Å². The van der Waals surface area contributed by atoms with Crippen LogP contribution >= 0.6 is 0 Å². The smallest absolute Gasteiger partial charge is 0.246 e. The van der Waals surface area contributed by atoms with Gasteiger partial charge in [0.15, 0.2) is 0 Å². The molecule has 3 rings (SSSR count). The lowest BCUT2D eigenvalue weighted by atomic mass is 9.97. The number of benzene rings is 1. The summed E-state index contributed by atoms with van der Waals surface area (Å²) in [5.74, 6) is 0.996. The molecule has 23 heavy (non-hydrogen) atoms. The van der Waals surface area contributed by atoms with Gasteiger partial charge in [0.2, 0.25) is 10.0 Å². The van der Waals surface area contributed by atoms with Gasteiger partial charge in [-0.15, -0.1) is 0 Å². The molecule has 1 aromatic carbocycles. The Morgan fingerprint density at radius 2 is 2.00 bits per heavy atom. The largest absolute Gasteiger partial charge is 0.497 e. The Morgan fingerprint density at radius 3 is 2.57 bits per heavy atom. The van der Waals surface area contributed by atoms with E-state index >= 15 is 0 Å². The van der Waals surface area contributed by atoms with Crippen LogP contribution in [0.5, 0.6) is 5.75 Å². The summed E-state index contributed by atoms with van der Waals surface area (Å²) in [6.45, 7) is 4.17. The Morgan fingerprint density at radius 1 is 1.30 bits per heavy atom. The molecule has 1 saturated heterocycles. The fourth-order valence-electron chi connectivity index (χ4n) is 3.18. The lowest BCUT2D eigenvalue weighted by Gasteiger charge is -2.20.